The lowest BCUT2D eigenvalue weighted by Crippen LogP contribution is -2.30. The molecular weight excluding hydrogens is 601 g/mol. The van der Waals surface area contributed by atoms with Crippen LogP contribution in [0.2, 0.25) is 5.02 Å². The molecule has 16 heteroatoms. The topological polar surface area (TPSA) is 181 Å². The second-order valence-corrected chi connectivity index (χ2v) is 10.4. The second-order valence-electron chi connectivity index (χ2n) is 9.07. The summed E-state index contributed by atoms with van der Waals surface area (Å²) in [5.74, 6) is -1.34. The third-order valence-corrected chi connectivity index (χ3v) is 7.38. The average Bonchev–Trinajstić information content (AvgIpc) is 3.66. The van der Waals surface area contributed by atoms with Crippen LogP contribution in [0.25, 0.3) is 22.9 Å². The Labute approximate surface area is 251 Å². The summed E-state index contributed by atoms with van der Waals surface area (Å²) in [5, 5.41) is 34.0. The summed E-state index contributed by atoms with van der Waals surface area (Å²) in [5.41, 5.74) is 2.00. The number of nitrogens with zero attached hydrogens (tertiary/aromatic N) is 6. The molecule has 0 aliphatic rings. The van der Waals surface area contributed by atoms with E-state index in [-0.39, 0.29) is 28.3 Å². The van der Waals surface area contributed by atoms with Gasteiger partial charge in [0, 0.05) is 34.8 Å². The van der Waals surface area contributed by atoms with Gasteiger partial charge in [-0.2, -0.15) is 9.78 Å². The molecule has 0 aliphatic heterocycles. The second kappa shape index (κ2) is 12.7. The van der Waals surface area contributed by atoms with Crippen molar-refractivity contribution in [1.29, 1.82) is 0 Å². The number of halogens is 2. The number of rotatable bonds is 9. The van der Waals surface area contributed by atoms with Crippen LogP contribution in [0, 0.1) is 12.7 Å². The number of thiazole rings is 1. The Hall–Kier alpha value is -5.28. The molecule has 1 unspecified atom stereocenters. The highest BCUT2D eigenvalue weighted by molar-refractivity contribution is 7.09. The predicted octanol–water partition coefficient (Wildman–Crippen LogP) is 4.17. The number of amides is 2. The summed E-state index contributed by atoms with van der Waals surface area (Å²) in [4.78, 5) is 41.2. The highest BCUT2D eigenvalue weighted by Crippen LogP contribution is 2.26. The molecular formula is C27H21ClFN9O4S. The molecule has 218 valence electrons. The number of aromatic nitrogens is 7. The fraction of sp³-hybridized carbons (Fsp3) is 0.111. The molecule has 5 aromatic rings. The standard InChI is InChI=1S/C27H21ClFN9O4S/c1-14-12-43-24(31-14)11-20(21-10-18(26(40)35-34-21)15-2-4-16(5-3-15)32-27(41)42)33-23(39)9-6-17-22(38-13-30-36-37-38)8-7-19(28)25(17)29/h2-10,12-13,20,32H,11H2,1H3,(H,33,39)(H,35,40)(H,41,42). The highest BCUT2D eigenvalue weighted by atomic mass is 35.5. The zero-order valence-electron chi connectivity index (χ0n) is 22.2. The lowest BCUT2D eigenvalue weighted by molar-refractivity contribution is -0.117. The van der Waals surface area contributed by atoms with Crippen molar-refractivity contribution >= 4 is 46.7 Å². The van der Waals surface area contributed by atoms with Crippen molar-refractivity contribution in [2.24, 2.45) is 0 Å². The van der Waals surface area contributed by atoms with Crippen LogP contribution in [-0.2, 0) is 11.2 Å². The number of carbonyl (C=O) groups excluding carboxylic acids is 1. The number of aromatic amines is 1. The van der Waals surface area contributed by atoms with Gasteiger partial charge in [-0.25, -0.2) is 19.3 Å². The van der Waals surface area contributed by atoms with Crippen LogP contribution in [0.15, 0.2) is 65.0 Å². The summed E-state index contributed by atoms with van der Waals surface area (Å²) < 4.78 is 16.2. The first-order valence-corrected chi connectivity index (χ1v) is 13.7. The van der Waals surface area contributed by atoms with Gasteiger partial charge >= 0.3 is 6.09 Å². The number of carboxylic acid groups (broad SMARTS) is 1. The first kappa shape index (κ1) is 29.2. The maximum atomic E-state index is 15.0. The van der Waals surface area contributed by atoms with E-state index in [1.165, 1.54) is 52.7 Å². The van der Waals surface area contributed by atoms with Crippen molar-refractivity contribution < 1.29 is 19.1 Å². The number of H-pyrrole nitrogens is 1. The van der Waals surface area contributed by atoms with Gasteiger partial charge < -0.3 is 10.4 Å². The number of aryl methyl sites for hydroxylation is 1. The van der Waals surface area contributed by atoms with Gasteiger partial charge in [-0.3, -0.25) is 14.9 Å². The Balaban J connectivity index is 1.45. The SMILES string of the molecule is Cc1csc(CC(NC(=O)C=Cc2c(-n3cnnn3)ccc(Cl)c2F)c2cc(-c3ccc(NC(=O)O)cc3)c(=O)[nH]n2)n1. The van der Waals surface area contributed by atoms with Crippen LogP contribution in [0.4, 0.5) is 14.9 Å². The minimum atomic E-state index is -1.22. The van der Waals surface area contributed by atoms with Crippen molar-refractivity contribution in [2.75, 3.05) is 5.32 Å². The zero-order chi connectivity index (χ0) is 30.5. The Morgan fingerprint density at radius 1 is 1.23 bits per heavy atom. The van der Waals surface area contributed by atoms with Gasteiger partial charge in [0.05, 0.1) is 33.0 Å². The lowest BCUT2D eigenvalue weighted by Gasteiger charge is -2.17. The molecule has 43 heavy (non-hydrogen) atoms. The number of hydrogen-bond donors (Lipinski definition) is 4. The van der Waals surface area contributed by atoms with E-state index in [4.69, 9.17) is 16.7 Å². The van der Waals surface area contributed by atoms with Crippen molar-refractivity contribution in [2.45, 2.75) is 19.4 Å². The molecule has 0 bridgehead atoms. The molecule has 2 amide bonds. The van der Waals surface area contributed by atoms with E-state index in [0.717, 1.165) is 11.8 Å². The Morgan fingerprint density at radius 3 is 2.70 bits per heavy atom. The van der Waals surface area contributed by atoms with E-state index in [9.17, 15) is 18.8 Å². The van der Waals surface area contributed by atoms with E-state index in [0.29, 0.717) is 22.0 Å². The largest absolute Gasteiger partial charge is 0.465 e. The van der Waals surface area contributed by atoms with E-state index >= 15 is 0 Å². The first-order chi connectivity index (χ1) is 20.7. The van der Waals surface area contributed by atoms with E-state index in [2.05, 4.69) is 41.3 Å². The minimum Gasteiger partial charge on any atom is -0.465 e. The molecule has 0 fully saturated rings. The molecule has 5 rings (SSSR count). The third-order valence-electron chi connectivity index (χ3n) is 6.10. The van der Waals surface area contributed by atoms with E-state index in [1.807, 2.05) is 12.3 Å². The number of nitrogens with one attached hydrogen (secondary N) is 3. The Morgan fingerprint density at radius 2 is 2.02 bits per heavy atom. The fourth-order valence-corrected chi connectivity index (χ4v) is 5.12. The van der Waals surface area contributed by atoms with Crippen LogP contribution >= 0.6 is 22.9 Å². The molecule has 3 heterocycles. The number of benzene rings is 2. The van der Waals surface area contributed by atoms with Crippen LogP contribution in [0.1, 0.15) is 28.0 Å². The molecule has 0 saturated carbocycles. The van der Waals surface area contributed by atoms with Gasteiger partial charge in [-0.05, 0) is 59.3 Å². The lowest BCUT2D eigenvalue weighted by atomic mass is 10.0. The quantitative estimate of drug-likeness (QED) is 0.176. The van der Waals surface area contributed by atoms with E-state index < -0.39 is 29.4 Å². The van der Waals surface area contributed by atoms with Crippen LogP contribution in [0.5, 0.6) is 0 Å². The molecule has 13 nitrogen and oxygen atoms in total. The van der Waals surface area contributed by atoms with Crippen molar-refractivity contribution in [3.05, 3.63) is 103 Å². The highest BCUT2D eigenvalue weighted by Gasteiger charge is 2.21. The van der Waals surface area contributed by atoms with Gasteiger partial charge in [0.25, 0.3) is 5.56 Å². The number of carbonyl (C=O) groups is 2. The smallest absolute Gasteiger partial charge is 0.409 e. The van der Waals surface area contributed by atoms with E-state index in [1.54, 1.807) is 18.2 Å². The number of hydrogen-bond acceptors (Lipinski definition) is 9. The minimum absolute atomic E-state index is 0.00710. The average molecular weight is 622 g/mol. The van der Waals surface area contributed by atoms with Gasteiger partial charge in [-0.1, -0.05) is 23.7 Å². The molecule has 0 spiro atoms. The van der Waals surface area contributed by atoms with Crippen molar-refractivity contribution in [3.63, 3.8) is 0 Å². The van der Waals surface area contributed by atoms with Crippen LogP contribution in [0.3, 0.4) is 0 Å². The predicted molar refractivity (Wildman–Crippen MR) is 157 cm³/mol. The molecule has 4 N–H and O–H groups in total. The normalized spacial score (nSPS) is 11.9. The summed E-state index contributed by atoms with van der Waals surface area (Å²) in [7, 11) is 0. The molecule has 0 radical (unpaired) electrons. The van der Waals surface area contributed by atoms with Crippen LogP contribution < -0.4 is 16.2 Å². The number of tetrazole rings is 1. The zero-order valence-corrected chi connectivity index (χ0v) is 23.7. The number of anilines is 1. The third kappa shape index (κ3) is 6.97. The molecule has 2 aromatic carbocycles. The molecule has 1 atom stereocenters. The maximum Gasteiger partial charge on any atom is 0.409 e. The summed E-state index contributed by atoms with van der Waals surface area (Å²) in [6.45, 7) is 1.84. The Bertz CT molecular complexity index is 1870. The monoisotopic (exact) mass is 621 g/mol. The first-order valence-electron chi connectivity index (χ1n) is 12.5. The van der Waals surface area contributed by atoms with Crippen molar-refractivity contribution in [1.82, 2.24) is 40.7 Å². The van der Waals surface area contributed by atoms with Gasteiger partial charge in [0.1, 0.15) is 6.33 Å². The van der Waals surface area contributed by atoms with Crippen LogP contribution in [-0.4, -0.2) is 52.5 Å². The van der Waals surface area contributed by atoms with Crippen molar-refractivity contribution in [3.8, 4) is 16.8 Å². The fourth-order valence-electron chi connectivity index (χ4n) is 4.14. The molecule has 0 saturated heterocycles. The summed E-state index contributed by atoms with van der Waals surface area (Å²) in [6.07, 6.45) is 2.72. The van der Waals surface area contributed by atoms with Gasteiger partial charge in [-0.15, -0.1) is 16.4 Å². The summed E-state index contributed by atoms with van der Waals surface area (Å²) in [6, 6.07) is 9.88. The molecule has 3 aromatic heterocycles. The van der Waals surface area contributed by atoms with Gasteiger partial charge in [0.15, 0.2) is 5.82 Å². The Kier molecular flexibility index (Phi) is 8.64. The maximum absolute atomic E-state index is 15.0. The van der Waals surface area contributed by atoms with Gasteiger partial charge in [0.2, 0.25) is 5.91 Å². The molecule has 0 aliphatic carbocycles. The summed E-state index contributed by atoms with van der Waals surface area (Å²) >= 11 is 7.39.